The molecule has 3 aliphatic rings. The van der Waals surface area contributed by atoms with Gasteiger partial charge in [-0.25, -0.2) is 0 Å². The third-order valence-corrected chi connectivity index (χ3v) is 3.47. The lowest BCUT2D eigenvalue weighted by Crippen LogP contribution is -2.66. The Morgan fingerprint density at radius 2 is 2.07 bits per heavy atom. The topological polar surface area (TPSA) is 41.7 Å². The lowest BCUT2D eigenvalue weighted by molar-refractivity contribution is -0.0137. The van der Waals surface area contributed by atoms with Crippen molar-refractivity contribution in [2.75, 3.05) is 45.9 Å². The zero-order valence-electron chi connectivity index (χ0n) is 9.69. The zero-order valence-corrected chi connectivity index (χ0v) is 9.69. The summed E-state index contributed by atoms with van der Waals surface area (Å²) in [5.74, 6) is 0. The second kappa shape index (κ2) is 5.25. The molecule has 0 aromatic carbocycles. The molecule has 0 aromatic heterocycles. The van der Waals surface area contributed by atoms with Gasteiger partial charge in [-0.05, 0) is 6.42 Å². The molecule has 4 heteroatoms. The van der Waals surface area contributed by atoms with Gasteiger partial charge in [0.2, 0.25) is 0 Å². The Hall–Kier alpha value is -0.160. The molecule has 0 spiro atoms. The summed E-state index contributed by atoms with van der Waals surface area (Å²) in [7, 11) is 0. The summed E-state index contributed by atoms with van der Waals surface area (Å²) in [6.45, 7) is 9.63. The zero-order chi connectivity index (χ0) is 10.7. The number of ether oxygens (including phenoxy) is 1. The number of nitrogens with zero attached hydrogens (tertiary/aromatic N) is 2. The van der Waals surface area contributed by atoms with E-state index in [0.29, 0.717) is 12.6 Å². The molecule has 0 radical (unpaired) electrons. The van der Waals surface area contributed by atoms with E-state index in [9.17, 15) is 0 Å². The van der Waals surface area contributed by atoms with Crippen molar-refractivity contribution in [2.24, 2.45) is 5.73 Å². The average Bonchev–Trinajstić information content (AvgIpc) is 2.30. The molecule has 3 rings (SSSR count). The minimum Gasteiger partial charge on any atom is -0.380 e. The Balaban J connectivity index is 1.77. The van der Waals surface area contributed by atoms with Crippen molar-refractivity contribution in [3.05, 3.63) is 0 Å². The summed E-state index contributed by atoms with van der Waals surface area (Å²) in [5, 5.41) is 0. The lowest BCUT2D eigenvalue weighted by atomic mass is 10.0. The van der Waals surface area contributed by atoms with Crippen LogP contribution in [-0.4, -0.2) is 67.8 Å². The van der Waals surface area contributed by atoms with Crippen molar-refractivity contribution in [3.8, 4) is 0 Å². The van der Waals surface area contributed by atoms with Crippen LogP contribution in [0.25, 0.3) is 0 Å². The van der Waals surface area contributed by atoms with Gasteiger partial charge in [0.15, 0.2) is 0 Å². The quantitative estimate of drug-likeness (QED) is 0.639. The van der Waals surface area contributed by atoms with Gasteiger partial charge in [0.25, 0.3) is 0 Å². The Bertz CT molecular complexity index is 192. The van der Waals surface area contributed by atoms with Crippen LogP contribution in [0.5, 0.6) is 0 Å². The molecule has 0 aromatic rings. The van der Waals surface area contributed by atoms with Crippen LogP contribution in [0.2, 0.25) is 0 Å². The molecule has 2 atom stereocenters. The third-order valence-electron chi connectivity index (χ3n) is 3.47. The first kappa shape index (κ1) is 11.3. The van der Waals surface area contributed by atoms with Crippen LogP contribution in [0.4, 0.5) is 0 Å². The number of piperazine rings is 3. The summed E-state index contributed by atoms with van der Waals surface area (Å²) in [5.41, 5.74) is 6.18. The van der Waals surface area contributed by atoms with Crippen LogP contribution in [0.15, 0.2) is 0 Å². The first-order valence-corrected chi connectivity index (χ1v) is 6.11. The van der Waals surface area contributed by atoms with Gasteiger partial charge in [0, 0.05) is 51.4 Å². The second-order valence-electron chi connectivity index (χ2n) is 4.64. The Kier molecular flexibility index (Phi) is 3.97. The van der Waals surface area contributed by atoms with Crippen LogP contribution in [0, 0.1) is 0 Å². The molecule has 3 aliphatic heterocycles. The monoisotopic (exact) mass is 213 g/mol. The summed E-state index contributed by atoms with van der Waals surface area (Å²) in [6, 6.07) is 0.698. The summed E-state index contributed by atoms with van der Waals surface area (Å²) >= 11 is 0. The predicted molar refractivity (Wildman–Crippen MR) is 60.9 cm³/mol. The first-order valence-electron chi connectivity index (χ1n) is 6.11. The number of hydrogen-bond acceptors (Lipinski definition) is 4. The van der Waals surface area contributed by atoms with E-state index >= 15 is 0 Å². The van der Waals surface area contributed by atoms with Crippen LogP contribution in [-0.2, 0) is 4.74 Å². The van der Waals surface area contributed by atoms with E-state index in [1.807, 2.05) is 0 Å². The van der Waals surface area contributed by atoms with Crippen LogP contribution in [0.1, 0.15) is 13.3 Å². The minimum atomic E-state index is 0.180. The molecule has 2 N–H and O–H groups in total. The molecule has 3 saturated heterocycles. The third kappa shape index (κ3) is 2.69. The first-order chi connectivity index (χ1) is 7.31. The Morgan fingerprint density at radius 3 is 2.60 bits per heavy atom. The fourth-order valence-corrected chi connectivity index (χ4v) is 2.54. The van der Waals surface area contributed by atoms with Crippen molar-refractivity contribution >= 4 is 0 Å². The molecule has 2 bridgehead atoms. The molecule has 0 aliphatic carbocycles. The smallest absolute Gasteiger partial charge is 0.0633 e. The summed E-state index contributed by atoms with van der Waals surface area (Å²) in [6.07, 6.45) is 1.08. The SMILES string of the molecule is CCCOCC(N)C1CN2CCN1CC2. The van der Waals surface area contributed by atoms with Crippen LogP contribution in [0.3, 0.4) is 0 Å². The van der Waals surface area contributed by atoms with Gasteiger partial charge >= 0.3 is 0 Å². The normalized spacial score (nSPS) is 36.8. The van der Waals surface area contributed by atoms with E-state index < -0.39 is 0 Å². The number of nitrogens with two attached hydrogens (primary N) is 1. The van der Waals surface area contributed by atoms with Gasteiger partial charge in [-0.2, -0.15) is 0 Å². The largest absolute Gasteiger partial charge is 0.380 e. The minimum absolute atomic E-state index is 0.180. The van der Waals surface area contributed by atoms with Gasteiger partial charge in [-0.1, -0.05) is 6.92 Å². The molecule has 2 unspecified atom stereocenters. The Morgan fingerprint density at radius 1 is 1.33 bits per heavy atom. The van der Waals surface area contributed by atoms with E-state index in [1.54, 1.807) is 0 Å². The van der Waals surface area contributed by atoms with E-state index in [4.69, 9.17) is 10.5 Å². The second-order valence-corrected chi connectivity index (χ2v) is 4.64. The van der Waals surface area contributed by atoms with Gasteiger partial charge in [-0.15, -0.1) is 0 Å². The van der Waals surface area contributed by atoms with Gasteiger partial charge < -0.3 is 10.5 Å². The highest BCUT2D eigenvalue weighted by Crippen LogP contribution is 2.17. The molecule has 3 fully saturated rings. The Labute approximate surface area is 92.4 Å². The standard InChI is InChI=1S/C11H23N3O/c1-2-7-15-9-10(12)11-8-13-3-5-14(11)6-4-13/h10-11H,2-9,12H2,1H3. The molecule has 4 nitrogen and oxygen atoms in total. The van der Waals surface area contributed by atoms with Crippen molar-refractivity contribution in [1.29, 1.82) is 0 Å². The van der Waals surface area contributed by atoms with E-state index in [2.05, 4.69) is 16.7 Å². The molecular weight excluding hydrogens is 190 g/mol. The molecule has 0 amide bonds. The van der Waals surface area contributed by atoms with Crippen molar-refractivity contribution in [2.45, 2.75) is 25.4 Å². The maximum Gasteiger partial charge on any atom is 0.0633 e. The lowest BCUT2D eigenvalue weighted by Gasteiger charge is -2.49. The van der Waals surface area contributed by atoms with Crippen molar-refractivity contribution in [1.82, 2.24) is 9.80 Å². The highest BCUT2D eigenvalue weighted by molar-refractivity contribution is 4.93. The number of rotatable bonds is 5. The highest BCUT2D eigenvalue weighted by Gasteiger charge is 2.35. The van der Waals surface area contributed by atoms with Gasteiger partial charge in [0.1, 0.15) is 0 Å². The average molecular weight is 213 g/mol. The van der Waals surface area contributed by atoms with E-state index in [1.165, 1.54) is 26.2 Å². The fraction of sp³-hybridized carbons (Fsp3) is 1.00. The summed E-state index contributed by atoms with van der Waals surface area (Å²) in [4.78, 5) is 5.05. The molecule has 15 heavy (non-hydrogen) atoms. The maximum absolute atomic E-state index is 6.18. The van der Waals surface area contributed by atoms with Crippen molar-refractivity contribution < 1.29 is 4.74 Å². The molecule has 0 saturated carbocycles. The predicted octanol–water partition coefficient (Wildman–Crippen LogP) is -0.260. The van der Waals surface area contributed by atoms with Gasteiger partial charge in [0.05, 0.1) is 6.61 Å². The number of fused-ring (bicyclic) bond motifs is 3. The van der Waals surface area contributed by atoms with Crippen LogP contribution >= 0.6 is 0 Å². The van der Waals surface area contributed by atoms with E-state index in [0.717, 1.165) is 19.6 Å². The molecule has 88 valence electrons. The number of hydrogen-bond donors (Lipinski definition) is 1. The van der Waals surface area contributed by atoms with Crippen molar-refractivity contribution in [3.63, 3.8) is 0 Å². The van der Waals surface area contributed by atoms with Crippen LogP contribution < -0.4 is 5.73 Å². The highest BCUT2D eigenvalue weighted by atomic mass is 16.5. The summed E-state index contributed by atoms with van der Waals surface area (Å²) < 4.78 is 5.54. The van der Waals surface area contributed by atoms with E-state index in [-0.39, 0.29) is 6.04 Å². The fourth-order valence-electron chi connectivity index (χ4n) is 2.54. The molecule has 3 heterocycles. The molecular formula is C11H23N3O. The van der Waals surface area contributed by atoms with Gasteiger partial charge in [-0.3, -0.25) is 9.80 Å². The maximum atomic E-state index is 6.18.